The van der Waals surface area contributed by atoms with Crippen LogP contribution in [0.15, 0.2) is 36.5 Å². The molecule has 2 unspecified atom stereocenters. The number of rotatable bonds is 59. The minimum Gasteiger partial charge on any atom is -0.466 e. The molecule has 0 saturated carbocycles. The Hall–Kier alpha value is -1.92. The predicted octanol–water partition coefficient (Wildman–Crippen LogP) is 20.0. The molecule has 0 saturated heterocycles. The van der Waals surface area contributed by atoms with Crippen molar-refractivity contribution in [2.45, 2.75) is 353 Å². The number of aliphatic hydroxyl groups is 2. The lowest BCUT2D eigenvalue weighted by Crippen LogP contribution is -2.45. The lowest BCUT2D eigenvalue weighted by atomic mass is 10.0. The Morgan fingerprint density at radius 2 is 0.704 bits per heavy atom. The van der Waals surface area contributed by atoms with E-state index in [4.69, 9.17) is 4.74 Å². The van der Waals surface area contributed by atoms with Crippen molar-refractivity contribution in [3.05, 3.63) is 36.5 Å². The van der Waals surface area contributed by atoms with E-state index < -0.39 is 12.1 Å². The van der Waals surface area contributed by atoms with Crippen LogP contribution in [-0.4, -0.2) is 47.4 Å². The van der Waals surface area contributed by atoms with Gasteiger partial charge < -0.3 is 20.3 Å². The molecule has 1 amide bonds. The normalized spacial score (nSPS) is 12.8. The maximum atomic E-state index is 12.5. The van der Waals surface area contributed by atoms with Crippen molar-refractivity contribution in [3.63, 3.8) is 0 Å². The van der Waals surface area contributed by atoms with Gasteiger partial charge in [-0.25, -0.2) is 0 Å². The van der Waals surface area contributed by atoms with Crippen LogP contribution >= 0.6 is 0 Å². The molecule has 0 heterocycles. The molecule has 0 radical (unpaired) electrons. The highest BCUT2D eigenvalue weighted by molar-refractivity contribution is 5.76. The molecule has 6 nitrogen and oxygen atoms in total. The maximum Gasteiger partial charge on any atom is 0.305 e. The summed E-state index contributed by atoms with van der Waals surface area (Å²) in [4.78, 5) is 24.6. The second-order valence-corrected chi connectivity index (χ2v) is 21.7. The number of carbonyl (C=O) groups is 2. The molecule has 2 atom stereocenters. The summed E-state index contributed by atoms with van der Waals surface area (Å²) in [5, 5.41) is 23.3. The molecule has 6 heteroatoms. The van der Waals surface area contributed by atoms with Crippen LogP contribution in [0.2, 0.25) is 0 Å². The lowest BCUT2D eigenvalue weighted by molar-refractivity contribution is -0.143. The van der Waals surface area contributed by atoms with Gasteiger partial charge in [-0.15, -0.1) is 0 Å². The van der Waals surface area contributed by atoms with Gasteiger partial charge in [0.2, 0.25) is 5.91 Å². The first-order valence-corrected chi connectivity index (χ1v) is 31.7. The first-order chi connectivity index (χ1) is 35.0. The van der Waals surface area contributed by atoms with E-state index in [0.29, 0.717) is 25.9 Å². The highest BCUT2D eigenvalue weighted by Gasteiger charge is 2.20. The fourth-order valence-electron chi connectivity index (χ4n) is 9.78. The summed E-state index contributed by atoms with van der Waals surface area (Å²) in [6.45, 7) is 4.93. The van der Waals surface area contributed by atoms with Gasteiger partial charge in [0, 0.05) is 12.8 Å². The van der Waals surface area contributed by atoms with Crippen LogP contribution in [0.3, 0.4) is 0 Å². The van der Waals surface area contributed by atoms with Gasteiger partial charge in [0.15, 0.2) is 0 Å². The van der Waals surface area contributed by atoms with Gasteiger partial charge in [0.25, 0.3) is 0 Å². The molecule has 0 aliphatic heterocycles. The predicted molar refractivity (Wildman–Crippen MR) is 310 cm³/mol. The third-order valence-corrected chi connectivity index (χ3v) is 14.7. The zero-order chi connectivity index (χ0) is 51.4. The molecule has 0 aliphatic rings. The van der Waals surface area contributed by atoms with Crippen molar-refractivity contribution in [1.82, 2.24) is 5.32 Å². The van der Waals surface area contributed by atoms with Gasteiger partial charge in [-0.05, 0) is 83.5 Å². The van der Waals surface area contributed by atoms with E-state index >= 15 is 0 Å². The molecule has 0 spiro atoms. The van der Waals surface area contributed by atoms with Crippen LogP contribution in [0, 0.1) is 0 Å². The number of esters is 1. The summed E-state index contributed by atoms with van der Waals surface area (Å²) in [6, 6.07) is -0.553. The van der Waals surface area contributed by atoms with E-state index in [9.17, 15) is 19.8 Å². The Bertz CT molecular complexity index is 1150. The summed E-state index contributed by atoms with van der Waals surface area (Å²) in [6.07, 6.45) is 75.8. The molecule has 71 heavy (non-hydrogen) atoms. The Morgan fingerprint density at radius 3 is 1.11 bits per heavy atom. The van der Waals surface area contributed by atoms with E-state index in [2.05, 4.69) is 55.6 Å². The molecular formula is C65H123NO5. The zero-order valence-corrected chi connectivity index (χ0v) is 47.7. The quantitative estimate of drug-likeness (QED) is 0.0321. The number of unbranched alkanes of at least 4 members (excludes halogenated alkanes) is 42. The van der Waals surface area contributed by atoms with Crippen molar-refractivity contribution >= 4 is 11.9 Å². The van der Waals surface area contributed by atoms with Crippen molar-refractivity contribution in [2.75, 3.05) is 13.2 Å². The second kappa shape index (κ2) is 60.6. The standard InChI is InChI=1S/C65H123NO5/c1-3-5-7-9-11-13-15-17-19-21-22-26-29-33-37-41-45-49-53-57-63(68)62(61-67)66-64(69)58-54-50-46-42-38-34-30-27-23-24-28-32-36-40-44-48-52-56-60-71-65(70)59-55-51-47-43-39-35-31-25-20-18-16-14-12-10-8-6-4-2/h12,14,18,20,27,30,62-63,67-68H,3-11,13,15-17,19,21-26,28-29,31-61H2,1-2H3,(H,66,69)/b14-12-,20-18-,30-27-. The molecule has 0 aromatic rings. The van der Waals surface area contributed by atoms with Crippen LogP contribution < -0.4 is 5.32 Å². The number of aliphatic hydroxyl groups excluding tert-OH is 2. The van der Waals surface area contributed by atoms with Crippen LogP contribution in [0.1, 0.15) is 341 Å². The van der Waals surface area contributed by atoms with Gasteiger partial charge in [0.05, 0.1) is 25.4 Å². The van der Waals surface area contributed by atoms with E-state index in [1.165, 1.54) is 244 Å². The smallest absolute Gasteiger partial charge is 0.305 e. The second-order valence-electron chi connectivity index (χ2n) is 21.7. The minimum absolute atomic E-state index is 0.00439. The van der Waals surface area contributed by atoms with Crippen LogP contribution in [0.25, 0.3) is 0 Å². The Balaban J connectivity index is 3.45. The van der Waals surface area contributed by atoms with E-state index in [1.807, 2.05) is 0 Å². The van der Waals surface area contributed by atoms with Crippen LogP contribution in [0.5, 0.6) is 0 Å². The summed E-state index contributed by atoms with van der Waals surface area (Å²) in [7, 11) is 0. The molecule has 418 valence electrons. The number of ether oxygens (including phenoxy) is 1. The van der Waals surface area contributed by atoms with E-state index in [1.54, 1.807) is 0 Å². The van der Waals surface area contributed by atoms with Crippen LogP contribution in [0.4, 0.5) is 0 Å². The first-order valence-electron chi connectivity index (χ1n) is 31.7. The number of amides is 1. The summed E-state index contributed by atoms with van der Waals surface area (Å²) >= 11 is 0. The number of allylic oxidation sites excluding steroid dienone is 6. The molecular weight excluding hydrogens is 875 g/mol. The van der Waals surface area contributed by atoms with E-state index in [-0.39, 0.29) is 18.5 Å². The summed E-state index contributed by atoms with van der Waals surface area (Å²) in [5.41, 5.74) is 0. The molecule has 3 N–H and O–H groups in total. The number of hydrogen-bond acceptors (Lipinski definition) is 5. The Kier molecular flexibility index (Phi) is 59.0. The topological polar surface area (TPSA) is 95.9 Å². The average Bonchev–Trinajstić information content (AvgIpc) is 3.37. The minimum atomic E-state index is -0.674. The number of hydrogen-bond donors (Lipinski definition) is 3. The largest absolute Gasteiger partial charge is 0.466 e. The molecule has 0 rings (SSSR count). The summed E-state index contributed by atoms with van der Waals surface area (Å²) < 4.78 is 5.48. The average molecular weight is 999 g/mol. The van der Waals surface area contributed by atoms with Crippen LogP contribution in [-0.2, 0) is 14.3 Å². The monoisotopic (exact) mass is 998 g/mol. The van der Waals surface area contributed by atoms with Gasteiger partial charge in [-0.2, -0.15) is 0 Å². The highest BCUT2D eigenvalue weighted by atomic mass is 16.5. The number of nitrogens with one attached hydrogen (secondary N) is 1. The van der Waals surface area contributed by atoms with Gasteiger partial charge in [-0.1, -0.05) is 281 Å². The third kappa shape index (κ3) is 57.2. The van der Waals surface area contributed by atoms with Gasteiger partial charge in [-0.3, -0.25) is 9.59 Å². The molecule has 0 aliphatic carbocycles. The molecule has 0 fully saturated rings. The Labute approximate surface area is 443 Å². The molecule has 0 bridgehead atoms. The third-order valence-electron chi connectivity index (χ3n) is 14.7. The Morgan fingerprint density at radius 1 is 0.394 bits per heavy atom. The fourth-order valence-corrected chi connectivity index (χ4v) is 9.78. The SMILES string of the molecule is CCCCC/C=C\C/C=C\CCCCCCCCCC(=O)OCCCCCCCCCCC/C=C\CCCCCCCC(=O)NC(CO)C(O)CCCCCCCCCCCCCCCCCCCCC. The highest BCUT2D eigenvalue weighted by Crippen LogP contribution is 2.17. The molecule has 0 aromatic carbocycles. The fraction of sp³-hybridized carbons (Fsp3) is 0.877. The number of carbonyl (C=O) groups excluding carboxylic acids is 2. The van der Waals surface area contributed by atoms with Crippen molar-refractivity contribution in [2.24, 2.45) is 0 Å². The lowest BCUT2D eigenvalue weighted by Gasteiger charge is -2.22. The van der Waals surface area contributed by atoms with Crippen molar-refractivity contribution in [3.8, 4) is 0 Å². The summed E-state index contributed by atoms with van der Waals surface area (Å²) in [5.74, 6) is -0.0515. The van der Waals surface area contributed by atoms with E-state index in [0.717, 1.165) is 64.2 Å². The molecule has 0 aromatic heterocycles. The van der Waals surface area contributed by atoms with Crippen molar-refractivity contribution < 1.29 is 24.5 Å². The first kappa shape index (κ1) is 69.1. The van der Waals surface area contributed by atoms with Crippen molar-refractivity contribution in [1.29, 1.82) is 0 Å². The zero-order valence-electron chi connectivity index (χ0n) is 47.7. The van der Waals surface area contributed by atoms with Gasteiger partial charge in [0.1, 0.15) is 0 Å². The van der Waals surface area contributed by atoms with Gasteiger partial charge >= 0.3 is 5.97 Å². The maximum absolute atomic E-state index is 12.5.